The second kappa shape index (κ2) is 5.35. The van der Waals surface area contributed by atoms with Crippen molar-refractivity contribution in [2.24, 2.45) is 0 Å². The van der Waals surface area contributed by atoms with Crippen LogP contribution in [0.2, 0.25) is 0 Å². The van der Waals surface area contributed by atoms with E-state index in [0.717, 1.165) is 16.9 Å². The molecule has 18 heavy (non-hydrogen) atoms. The summed E-state index contributed by atoms with van der Waals surface area (Å²) >= 11 is 0. The molecule has 0 aliphatic carbocycles. The van der Waals surface area contributed by atoms with E-state index >= 15 is 0 Å². The van der Waals surface area contributed by atoms with Crippen LogP contribution in [0, 0.1) is 0 Å². The van der Waals surface area contributed by atoms with Gasteiger partial charge in [0, 0.05) is 31.0 Å². The van der Waals surface area contributed by atoms with Crippen LogP contribution in [0.5, 0.6) is 0 Å². The molecule has 5 nitrogen and oxygen atoms in total. The van der Waals surface area contributed by atoms with Crippen LogP contribution in [0.4, 0.5) is 10.5 Å². The molecule has 0 atom stereocenters. The molecule has 0 saturated carbocycles. The number of urea groups is 1. The number of carbonyl (C=O) groups excluding carboxylic acids is 1. The van der Waals surface area contributed by atoms with Gasteiger partial charge in [0.2, 0.25) is 0 Å². The van der Waals surface area contributed by atoms with Gasteiger partial charge in [-0.3, -0.25) is 5.10 Å². The van der Waals surface area contributed by atoms with Crippen LogP contribution >= 0.6 is 0 Å². The lowest BCUT2D eigenvalue weighted by Crippen LogP contribution is -2.30. The molecule has 0 saturated heterocycles. The van der Waals surface area contributed by atoms with Crippen LogP contribution in [0.25, 0.3) is 11.3 Å². The second-order valence-corrected chi connectivity index (χ2v) is 4.00. The SMILES string of the molecule is CCN(C)C(=O)Nc1cccc(-c2ccn[nH]2)c1. The third-order valence-electron chi connectivity index (χ3n) is 2.75. The first-order valence-corrected chi connectivity index (χ1v) is 5.82. The minimum atomic E-state index is -0.112. The number of hydrogen-bond donors (Lipinski definition) is 2. The van der Waals surface area contributed by atoms with E-state index in [-0.39, 0.29) is 6.03 Å². The highest BCUT2D eigenvalue weighted by atomic mass is 16.2. The second-order valence-electron chi connectivity index (χ2n) is 4.00. The topological polar surface area (TPSA) is 61.0 Å². The molecule has 0 radical (unpaired) electrons. The number of nitrogens with zero attached hydrogens (tertiary/aromatic N) is 2. The number of rotatable bonds is 3. The molecule has 2 N–H and O–H groups in total. The zero-order chi connectivity index (χ0) is 13.0. The number of aromatic amines is 1. The zero-order valence-electron chi connectivity index (χ0n) is 10.5. The highest BCUT2D eigenvalue weighted by Crippen LogP contribution is 2.20. The molecule has 2 rings (SSSR count). The number of carbonyl (C=O) groups is 1. The number of aromatic nitrogens is 2. The molecule has 1 heterocycles. The summed E-state index contributed by atoms with van der Waals surface area (Å²) in [5.41, 5.74) is 2.69. The monoisotopic (exact) mass is 244 g/mol. The van der Waals surface area contributed by atoms with Crippen molar-refractivity contribution in [2.75, 3.05) is 18.9 Å². The third-order valence-corrected chi connectivity index (χ3v) is 2.75. The lowest BCUT2D eigenvalue weighted by Gasteiger charge is -2.15. The first kappa shape index (κ1) is 12.2. The van der Waals surface area contributed by atoms with Crippen LogP contribution in [0.3, 0.4) is 0 Å². The van der Waals surface area contributed by atoms with Gasteiger partial charge in [0.1, 0.15) is 0 Å². The van der Waals surface area contributed by atoms with E-state index in [1.807, 2.05) is 37.3 Å². The van der Waals surface area contributed by atoms with E-state index in [2.05, 4.69) is 15.5 Å². The van der Waals surface area contributed by atoms with Crippen molar-refractivity contribution in [3.05, 3.63) is 36.5 Å². The molecule has 94 valence electrons. The fourth-order valence-corrected chi connectivity index (χ4v) is 1.54. The molecule has 5 heteroatoms. The van der Waals surface area contributed by atoms with E-state index < -0.39 is 0 Å². The summed E-state index contributed by atoms with van der Waals surface area (Å²) in [4.78, 5) is 13.3. The van der Waals surface area contributed by atoms with Crippen molar-refractivity contribution in [2.45, 2.75) is 6.92 Å². The summed E-state index contributed by atoms with van der Waals surface area (Å²) in [5.74, 6) is 0. The Morgan fingerprint density at radius 2 is 2.28 bits per heavy atom. The van der Waals surface area contributed by atoms with E-state index in [4.69, 9.17) is 0 Å². The number of anilines is 1. The Morgan fingerprint density at radius 3 is 2.94 bits per heavy atom. The van der Waals surface area contributed by atoms with E-state index in [1.165, 1.54) is 0 Å². The molecular weight excluding hydrogens is 228 g/mol. The summed E-state index contributed by atoms with van der Waals surface area (Å²) in [5, 5.41) is 9.65. The molecule has 0 bridgehead atoms. The van der Waals surface area contributed by atoms with Crippen molar-refractivity contribution in [1.82, 2.24) is 15.1 Å². The Morgan fingerprint density at radius 1 is 1.44 bits per heavy atom. The van der Waals surface area contributed by atoms with Gasteiger partial charge in [-0.1, -0.05) is 12.1 Å². The maximum absolute atomic E-state index is 11.7. The normalized spacial score (nSPS) is 10.1. The number of benzene rings is 1. The molecule has 0 fully saturated rings. The lowest BCUT2D eigenvalue weighted by molar-refractivity contribution is 0.224. The average Bonchev–Trinajstić information content (AvgIpc) is 2.92. The fraction of sp³-hybridized carbons (Fsp3) is 0.231. The fourth-order valence-electron chi connectivity index (χ4n) is 1.54. The third kappa shape index (κ3) is 2.68. The van der Waals surface area contributed by atoms with Gasteiger partial charge in [-0.25, -0.2) is 4.79 Å². The summed E-state index contributed by atoms with van der Waals surface area (Å²) < 4.78 is 0. The Hall–Kier alpha value is -2.30. The number of H-pyrrole nitrogens is 1. The van der Waals surface area contributed by atoms with E-state index in [9.17, 15) is 4.79 Å². The van der Waals surface area contributed by atoms with Crippen molar-refractivity contribution in [3.8, 4) is 11.3 Å². The standard InChI is InChI=1S/C13H16N4O/c1-3-17(2)13(18)15-11-6-4-5-10(9-11)12-7-8-14-16-12/h4-9H,3H2,1-2H3,(H,14,16)(H,15,18). The maximum Gasteiger partial charge on any atom is 0.321 e. The Labute approximate surface area is 106 Å². The summed E-state index contributed by atoms with van der Waals surface area (Å²) in [6, 6.07) is 9.42. The van der Waals surface area contributed by atoms with Gasteiger partial charge in [-0.2, -0.15) is 5.10 Å². The van der Waals surface area contributed by atoms with Crippen molar-refractivity contribution in [3.63, 3.8) is 0 Å². The summed E-state index contributed by atoms with van der Waals surface area (Å²) in [7, 11) is 1.76. The molecule has 0 aliphatic rings. The highest BCUT2D eigenvalue weighted by molar-refractivity contribution is 5.89. The minimum absolute atomic E-state index is 0.112. The zero-order valence-corrected chi connectivity index (χ0v) is 10.5. The predicted molar refractivity (Wildman–Crippen MR) is 71.3 cm³/mol. The quantitative estimate of drug-likeness (QED) is 0.871. The van der Waals surface area contributed by atoms with Crippen LogP contribution < -0.4 is 5.32 Å². The number of nitrogens with one attached hydrogen (secondary N) is 2. The molecule has 2 aromatic rings. The van der Waals surface area contributed by atoms with Crippen LogP contribution in [0.15, 0.2) is 36.5 Å². The minimum Gasteiger partial charge on any atom is -0.328 e. The molecule has 2 amide bonds. The van der Waals surface area contributed by atoms with E-state index in [0.29, 0.717) is 6.54 Å². The van der Waals surface area contributed by atoms with Crippen molar-refractivity contribution >= 4 is 11.7 Å². The van der Waals surface area contributed by atoms with Gasteiger partial charge in [-0.05, 0) is 25.1 Å². The van der Waals surface area contributed by atoms with Gasteiger partial charge in [-0.15, -0.1) is 0 Å². The summed E-state index contributed by atoms with van der Waals surface area (Å²) in [6.07, 6.45) is 1.70. The summed E-state index contributed by atoms with van der Waals surface area (Å²) in [6.45, 7) is 2.60. The first-order valence-electron chi connectivity index (χ1n) is 5.82. The molecular formula is C13H16N4O. The Balaban J connectivity index is 2.16. The first-order chi connectivity index (χ1) is 8.70. The predicted octanol–water partition coefficient (Wildman–Crippen LogP) is 2.56. The Kier molecular flexibility index (Phi) is 3.62. The maximum atomic E-state index is 11.7. The molecule has 0 spiro atoms. The van der Waals surface area contributed by atoms with Crippen LogP contribution in [0.1, 0.15) is 6.92 Å². The largest absolute Gasteiger partial charge is 0.328 e. The smallest absolute Gasteiger partial charge is 0.321 e. The molecule has 0 unspecified atom stereocenters. The van der Waals surface area contributed by atoms with E-state index in [1.54, 1.807) is 18.1 Å². The van der Waals surface area contributed by atoms with Crippen molar-refractivity contribution in [1.29, 1.82) is 0 Å². The Bertz CT molecular complexity index is 522. The van der Waals surface area contributed by atoms with Crippen LogP contribution in [-0.4, -0.2) is 34.7 Å². The molecule has 0 aliphatic heterocycles. The lowest BCUT2D eigenvalue weighted by atomic mass is 10.1. The number of amides is 2. The van der Waals surface area contributed by atoms with Crippen LogP contribution in [-0.2, 0) is 0 Å². The van der Waals surface area contributed by atoms with Gasteiger partial charge in [0.25, 0.3) is 0 Å². The average molecular weight is 244 g/mol. The van der Waals surface area contributed by atoms with Gasteiger partial charge < -0.3 is 10.2 Å². The van der Waals surface area contributed by atoms with Gasteiger partial charge >= 0.3 is 6.03 Å². The molecule has 1 aromatic carbocycles. The highest BCUT2D eigenvalue weighted by Gasteiger charge is 2.07. The van der Waals surface area contributed by atoms with Gasteiger partial charge in [0.05, 0.1) is 5.69 Å². The molecule has 1 aromatic heterocycles. The van der Waals surface area contributed by atoms with Crippen molar-refractivity contribution < 1.29 is 4.79 Å². The number of hydrogen-bond acceptors (Lipinski definition) is 2. The van der Waals surface area contributed by atoms with Gasteiger partial charge in [0.15, 0.2) is 0 Å².